The first kappa shape index (κ1) is 23.2. The summed E-state index contributed by atoms with van der Waals surface area (Å²) in [5.41, 5.74) is 2.47. The molecule has 2 amide bonds. The van der Waals surface area contributed by atoms with Crippen LogP contribution in [0.5, 0.6) is 0 Å². The molecule has 11 heteroatoms. The number of urea groups is 1. The van der Waals surface area contributed by atoms with Gasteiger partial charge in [0, 0.05) is 18.4 Å². The molecule has 1 aliphatic heterocycles. The van der Waals surface area contributed by atoms with Crippen LogP contribution in [0.15, 0.2) is 42.6 Å². The number of aliphatic hydroxyl groups excluding tert-OH is 1. The number of hydrogen-bond donors (Lipinski definition) is 3. The highest BCUT2D eigenvalue weighted by Gasteiger charge is 2.25. The van der Waals surface area contributed by atoms with Gasteiger partial charge in [0.15, 0.2) is 0 Å². The normalized spacial score (nSPS) is 13.9. The lowest BCUT2D eigenvalue weighted by Gasteiger charge is -2.30. The zero-order valence-corrected chi connectivity index (χ0v) is 18.7. The van der Waals surface area contributed by atoms with E-state index in [-0.39, 0.29) is 29.1 Å². The van der Waals surface area contributed by atoms with Crippen molar-refractivity contribution in [3.05, 3.63) is 81.1 Å². The van der Waals surface area contributed by atoms with E-state index in [0.717, 1.165) is 5.56 Å². The van der Waals surface area contributed by atoms with Crippen LogP contribution in [-0.2, 0) is 13.0 Å². The maximum absolute atomic E-state index is 13.7. The second-order valence-electron chi connectivity index (χ2n) is 7.45. The number of aromatic nitrogens is 2. The molecule has 1 unspecified atom stereocenters. The molecule has 4 rings (SSSR count). The van der Waals surface area contributed by atoms with Crippen LogP contribution < -0.4 is 10.6 Å². The molecular weight excluding hydrogens is 475 g/mol. The Bertz CT molecular complexity index is 1200. The SMILES string of the molecule is O=C(NC(CO)c1ccc(F)c(Cl)c1)N1CCc2cnc(Nc3ccc(Cl)c(F)c3)nc2C1. The summed E-state index contributed by atoms with van der Waals surface area (Å²) in [7, 11) is 0. The van der Waals surface area contributed by atoms with E-state index < -0.39 is 23.7 Å². The number of aliphatic hydroxyl groups is 1. The van der Waals surface area contributed by atoms with Crippen LogP contribution in [0.4, 0.5) is 25.2 Å². The van der Waals surface area contributed by atoms with Gasteiger partial charge in [-0.1, -0.05) is 29.3 Å². The van der Waals surface area contributed by atoms with E-state index in [2.05, 4.69) is 20.6 Å². The zero-order chi connectivity index (χ0) is 23.5. The van der Waals surface area contributed by atoms with Gasteiger partial charge in [0.2, 0.25) is 5.95 Å². The van der Waals surface area contributed by atoms with Crippen LogP contribution in [0.3, 0.4) is 0 Å². The van der Waals surface area contributed by atoms with Gasteiger partial charge < -0.3 is 20.6 Å². The van der Waals surface area contributed by atoms with Crippen LogP contribution in [0.1, 0.15) is 22.9 Å². The lowest BCUT2D eigenvalue weighted by atomic mass is 10.1. The molecule has 3 N–H and O–H groups in total. The Morgan fingerprint density at radius 2 is 1.97 bits per heavy atom. The maximum Gasteiger partial charge on any atom is 0.318 e. The maximum atomic E-state index is 13.7. The number of nitrogens with zero attached hydrogens (tertiary/aromatic N) is 3. The molecule has 0 radical (unpaired) electrons. The number of halogens is 4. The highest BCUT2D eigenvalue weighted by atomic mass is 35.5. The van der Waals surface area contributed by atoms with Crippen LogP contribution in [0, 0.1) is 11.6 Å². The number of hydrogen-bond acceptors (Lipinski definition) is 5. The topological polar surface area (TPSA) is 90.4 Å². The van der Waals surface area contributed by atoms with E-state index in [1.165, 1.54) is 30.3 Å². The summed E-state index contributed by atoms with van der Waals surface area (Å²) >= 11 is 11.5. The first-order chi connectivity index (χ1) is 15.8. The summed E-state index contributed by atoms with van der Waals surface area (Å²) in [5, 5.41) is 15.3. The first-order valence-corrected chi connectivity index (χ1v) is 10.8. The number of amides is 2. The number of nitrogens with one attached hydrogen (secondary N) is 2. The van der Waals surface area contributed by atoms with Crippen molar-refractivity contribution in [1.29, 1.82) is 0 Å². The Hall–Kier alpha value is -3.01. The minimum absolute atomic E-state index is 0.0117. The van der Waals surface area contributed by atoms with Crippen LogP contribution in [0.25, 0.3) is 0 Å². The van der Waals surface area contributed by atoms with Crippen LogP contribution >= 0.6 is 23.2 Å². The van der Waals surface area contributed by atoms with Crippen molar-refractivity contribution >= 4 is 40.9 Å². The second-order valence-corrected chi connectivity index (χ2v) is 8.26. The minimum atomic E-state index is -0.751. The molecule has 0 aliphatic carbocycles. The Kier molecular flexibility index (Phi) is 6.92. The molecular formula is C22H19Cl2F2N5O2. The summed E-state index contributed by atoms with van der Waals surface area (Å²) in [4.78, 5) is 23.1. The zero-order valence-electron chi connectivity index (χ0n) is 17.2. The standard InChI is InChI=1S/C22H19Cl2F2N5O2/c23-15-3-2-14(8-18(15)26)28-21-27-9-13-5-6-31(10-19(13)29-21)22(33)30-20(11-32)12-1-4-17(25)16(24)7-12/h1-4,7-9,20,32H,5-6,10-11H2,(H,30,33)(H,27,28,29). The molecule has 1 aromatic heterocycles. The lowest BCUT2D eigenvalue weighted by molar-refractivity contribution is 0.176. The van der Waals surface area contributed by atoms with Gasteiger partial charge in [-0.25, -0.2) is 23.5 Å². The van der Waals surface area contributed by atoms with Gasteiger partial charge in [0.25, 0.3) is 0 Å². The summed E-state index contributed by atoms with van der Waals surface area (Å²) in [6, 6.07) is 7.11. The third-order valence-corrected chi connectivity index (χ3v) is 5.83. The van der Waals surface area contributed by atoms with E-state index in [0.29, 0.717) is 29.9 Å². The van der Waals surface area contributed by atoms with Crippen molar-refractivity contribution < 1.29 is 18.7 Å². The average Bonchev–Trinajstić information content (AvgIpc) is 2.81. The molecule has 33 heavy (non-hydrogen) atoms. The van der Waals surface area contributed by atoms with Gasteiger partial charge >= 0.3 is 6.03 Å². The minimum Gasteiger partial charge on any atom is -0.394 e. The molecule has 3 aromatic rings. The third-order valence-electron chi connectivity index (χ3n) is 5.24. The van der Waals surface area contributed by atoms with E-state index >= 15 is 0 Å². The molecule has 0 fully saturated rings. The smallest absolute Gasteiger partial charge is 0.318 e. The highest BCUT2D eigenvalue weighted by Crippen LogP contribution is 2.24. The number of benzene rings is 2. The monoisotopic (exact) mass is 493 g/mol. The number of fused-ring (bicyclic) bond motifs is 1. The fourth-order valence-corrected chi connectivity index (χ4v) is 3.75. The van der Waals surface area contributed by atoms with E-state index in [4.69, 9.17) is 23.2 Å². The third kappa shape index (κ3) is 5.32. The van der Waals surface area contributed by atoms with E-state index in [1.54, 1.807) is 17.2 Å². The molecule has 1 atom stereocenters. The number of anilines is 2. The molecule has 172 valence electrons. The second kappa shape index (κ2) is 9.86. The molecule has 2 aromatic carbocycles. The Morgan fingerprint density at radius 3 is 2.70 bits per heavy atom. The predicted molar refractivity (Wildman–Crippen MR) is 121 cm³/mol. The van der Waals surface area contributed by atoms with E-state index in [1.807, 2.05) is 0 Å². The van der Waals surface area contributed by atoms with Gasteiger partial charge in [-0.3, -0.25) is 0 Å². The Balaban J connectivity index is 1.45. The largest absolute Gasteiger partial charge is 0.394 e. The summed E-state index contributed by atoms with van der Waals surface area (Å²) in [6.07, 6.45) is 2.22. The molecule has 7 nitrogen and oxygen atoms in total. The van der Waals surface area contributed by atoms with Crippen molar-refractivity contribution in [1.82, 2.24) is 20.2 Å². The van der Waals surface area contributed by atoms with Gasteiger partial charge in [-0.15, -0.1) is 0 Å². The molecule has 2 heterocycles. The average molecular weight is 494 g/mol. The van der Waals surface area contributed by atoms with E-state index in [9.17, 15) is 18.7 Å². The molecule has 1 aliphatic rings. The molecule has 0 bridgehead atoms. The summed E-state index contributed by atoms with van der Waals surface area (Å²) in [5.74, 6) is -0.892. The van der Waals surface area contributed by atoms with Gasteiger partial charge in [-0.2, -0.15) is 0 Å². The van der Waals surface area contributed by atoms with Crippen molar-refractivity contribution in [2.75, 3.05) is 18.5 Å². The Labute approximate surface area is 198 Å². The Morgan fingerprint density at radius 1 is 1.15 bits per heavy atom. The van der Waals surface area contributed by atoms with Crippen molar-refractivity contribution in [2.45, 2.75) is 19.0 Å². The first-order valence-electron chi connectivity index (χ1n) is 10.0. The fraction of sp³-hybridized carbons (Fsp3) is 0.227. The van der Waals surface area contributed by atoms with Crippen molar-refractivity contribution in [2.24, 2.45) is 0 Å². The highest BCUT2D eigenvalue weighted by molar-refractivity contribution is 6.31. The van der Waals surface area contributed by atoms with Crippen molar-refractivity contribution in [3.8, 4) is 0 Å². The molecule has 0 spiro atoms. The number of carbonyl (C=O) groups is 1. The predicted octanol–water partition coefficient (Wildman–Crippen LogP) is 4.61. The van der Waals surface area contributed by atoms with Crippen molar-refractivity contribution in [3.63, 3.8) is 0 Å². The number of carbonyl (C=O) groups excluding carboxylic acids is 1. The van der Waals surface area contributed by atoms with Gasteiger partial charge in [-0.05, 0) is 47.9 Å². The molecule has 0 saturated heterocycles. The number of rotatable bonds is 5. The summed E-state index contributed by atoms with van der Waals surface area (Å²) in [6.45, 7) is 0.265. The molecule has 0 saturated carbocycles. The van der Waals surface area contributed by atoms with Crippen LogP contribution in [0.2, 0.25) is 10.0 Å². The quantitative estimate of drug-likeness (QED) is 0.482. The summed E-state index contributed by atoms with van der Waals surface area (Å²) < 4.78 is 27.1. The van der Waals surface area contributed by atoms with Gasteiger partial charge in [0.05, 0.1) is 34.9 Å². The van der Waals surface area contributed by atoms with Crippen LogP contribution in [-0.4, -0.2) is 39.2 Å². The lowest BCUT2D eigenvalue weighted by Crippen LogP contribution is -2.45. The fourth-order valence-electron chi connectivity index (χ4n) is 3.44. The van der Waals surface area contributed by atoms with Gasteiger partial charge in [0.1, 0.15) is 11.6 Å².